The van der Waals surface area contributed by atoms with Gasteiger partial charge in [-0.15, -0.1) is 0 Å². The highest BCUT2D eigenvalue weighted by atomic mass is 16.1. The van der Waals surface area contributed by atoms with E-state index in [1.165, 1.54) is 0 Å². The van der Waals surface area contributed by atoms with Gasteiger partial charge in [0.05, 0.1) is 0 Å². The molecule has 2 rings (SSSR count). The van der Waals surface area contributed by atoms with E-state index in [9.17, 15) is 4.79 Å². The summed E-state index contributed by atoms with van der Waals surface area (Å²) in [7, 11) is 0. The number of anilines is 1. The molecule has 0 bridgehead atoms. The fourth-order valence-electron chi connectivity index (χ4n) is 1.79. The van der Waals surface area contributed by atoms with Gasteiger partial charge < -0.3 is 5.32 Å². The van der Waals surface area contributed by atoms with E-state index in [4.69, 9.17) is 0 Å². The third-order valence-electron chi connectivity index (χ3n) is 2.64. The van der Waals surface area contributed by atoms with Crippen molar-refractivity contribution in [2.75, 3.05) is 5.32 Å². The van der Waals surface area contributed by atoms with Crippen LogP contribution in [0.5, 0.6) is 0 Å². The molecule has 0 saturated heterocycles. The highest BCUT2D eigenvalue weighted by Crippen LogP contribution is 2.25. The largest absolute Gasteiger partial charge is 0.322 e. The van der Waals surface area contributed by atoms with Crippen molar-refractivity contribution in [3.05, 3.63) is 54.1 Å². The number of hydrogen-bond donors (Lipinski definition) is 1. The van der Waals surface area contributed by atoms with Crippen LogP contribution < -0.4 is 5.32 Å². The highest BCUT2D eigenvalue weighted by molar-refractivity contribution is 6.08. The van der Waals surface area contributed by atoms with E-state index in [1.54, 1.807) is 6.92 Å². The first-order chi connectivity index (χ1) is 8.08. The SMILES string of the molecule is C=C(C)C(=O)Nc1cc(C)cc2ccccc12. The molecule has 0 radical (unpaired) electrons. The topological polar surface area (TPSA) is 29.1 Å². The summed E-state index contributed by atoms with van der Waals surface area (Å²) in [4.78, 5) is 11.7. The number of benzene rings is 2. The van der Waals surface area contributed by atoms with E-state index in [0.717, 1.165) is 22.0 Å². The van der Waals surface area contributed by atoms with E-state index in [-0.39, 0.29) is 5.91 Å². The number of carbonyl (C=O) groups is 1. The third-order valence-corrected chi connectivity index (χ3v) is 2.64. The number of carbonyl (C=O) groups excluding carboxylic acids is 1. The number of hydrogen-bond acceptors (Lipinski definition) is 1. The summed E-state index contributed by atoms with van der Waals surface area (Å²) in [6, 6.07) is 12.1. The van der Waals surface area contributed by atoms with Crippen molar-refractivity contribution in [2.45, 2.75) is 13.8 Å². The van der Waals surface area contributed by atoms with Gasteiger partial charge in [-0.1, -0.05) is 36.9 Å². The van der Waals surface area contributed by atoms with Crippen molar-refractivity contribution in [1.82, 2.24) is 0 Å². The van der Waals surface area contributed by atoms with Gasteiger partial charge in [0.15, 0.2) is 0 Å². The first kappa shape index (κ1) is 11.4. The van der Waals surface area contributed by atoms with E-state index in [0.29, 0.717) is 5.57 Å². The molecule has 1 amide bonds. The van der Waals surface area contributed by atoms with E-state index in [1.807, 2.05) is 37.3 Å². The Morgan fingerprint density at radius 2 is 1.94 bits per heavy atom. The standard InChI is InChI=1S/C15H15NO/c1-10(2)15(17)16-14-9-11(3)8-12-6-4-5-7-13(12)14/h4-9H,1H2,2-3H3,(H,16,17). The zero-order valence-corrected chi connectivity index (χ0v) is 10.1. The molecule has 2 aromatic rings. The number of amides is 1. The van der Waals surface area contributed by atoms with Crippen molar-refractivity contribution in [2.24, 2.45) is 0 Å². The number of rotatable bonds is 2. The first-order valence-corrected chi connectivity index (χ1v) is 5.54. The Bertz CT molecular complexity index is 599. The lowest BCUT2D eigenvalue weighted by Crippen LogP contribution is -2.12. The average molecular weight is 225 g/mol. The lowest BCUT2D eigenvalue weighted by molar-refractivity contribution is -0.112. The quantitative estimate of drug-likeness (QED) is 0.776. The second-order valence-electron chi connectivity index (χ2n) is 4.27. The van der Waals surface area contributed by atoms with Crippen LogP contribution in [0.25, 0.3) is 10.8 Å². The van der Waals surface area contributed by atoms with Crippen LogP contribution in [-0.2, 0) is 4.79 Å². The van der Waals surface area contributed by atoms with Crippen LogP contribution in [0.2, 0.25) is 0 Å². The second kappa shape index (κ2) is 4.42. The Morgan fingerprint density at radius 1 is 1.24 bits per heavy atom. The molecule has 1 N–H and O–H groups in total. The molecule has 0 aliphatic rings. The predicted molar refractivity (Wildman–Crippen MR) is 72.1 cm³/mol. The van der Waals surface area contributed by atoms with Gasteiger partial charge in [0.2, 0.25) is 0 Å². The highest BCUT2D eigenvalue weighted by Gasteiger charge is 2.06. The summed E-state index contributed by atoms with van der Waals surface area (Å²) in [5.74, 6) is -0.138. The van der Waals surface area contributed by atoms with Gasteiger partial charge in [-0.2, -0.15) is 0 Å². The lowest BCUT2D eigenvalue weighted by Gasteiger charge is -2.10. The summed E-state index contributed by atoms with van der Waals surface area (Å²) >= 11 is 0. The summed E-state index contributed by atoms with van der Waals surface area (Å²) in [6.45, 7) is 7.36. The van der Waals surface area contributed by atoms with Crippen LogP contribution in [0.4, 0.5) is 5.69 Å². The van der Waals surface area contributed by atoms with Crippen molar-refractivity contribution < 1.29 is 4.79 Å². The second-order valence-corrected chi connectivity index (χ2v) is 4.27. The maximum atomic E-state index is 11.7. The van der Waals surface area contributed by atoms with Crippen LogP contribution in [0, 0.1) is 6.92 Å². The first-order valence-electron chi connectivity index (χ1n) is 5.54. The molecule has 0 heterocycles. The molecule has 0 atom stereocenters. The van der Waals surface area contributed by atoms with Gasteiger partial charge in [-0.25, -0.2) is 0 Å². The molecule has 2 aromatic carbocycles. The predicted octanol–water partition coefficient (Wildman–Crippen LogP) is 3.66. The van der Waals surface area contributed by atoms with E-state index < -0.39 is 0 Å². The summed E-state index contributed by atoms with van der Waals surface area (Å²) < 4.78 is 0. The molecule has 0 spiro atoms. The minimum Gasteiger partial charge on any atom is -0.322 e. The molecule has 0 unspecified atom stereocenters. The normalized spacial score (nSPS) is 10.2. The monoisotopic (exact) mass is 225 g/mol. The van der Waals surface area contributed by atoms with Crippen molar-refractivity contribution in [1.29, 1.82) is 0 Å². The smallest absolute Gasteiger partial charge is 0.250 e. The van der Waals surface area contributed by atoms with Crippen LogP contribution >= 0.6 is 0 Å². The summed E-state index contributed by atoms with van der Waals surface area (Å²) in [5.41, 5.74) is 2.48. The zero-order chi connectivity index (χ0) is 12.4. The molecule has 2 nitrogen and oxygen atoms in total. The van der Waals surface area contributed by atoms with Gasteiger partial charge in [0.25, 0.3) is 5.91 Å². The van der Waals surface area contributed by atoms with Crippen LogP contribution in [-0.4, -0.2) is 5.91 Å². The molecular weight excluding hydrogens is 210 g/mol. The maximum Gasteiger partial charge on any atom is 0.250 e. The van der Waals surface area contributed by atoms with E-state index >= 15 is 0 Å². The number of aryl methyl sites for hydroxylation is 1. The Balaban J connectivity index is 2.52. The van der Waals surface area contributed by atoms with Crippen molar-refractivity contribution in [3.8, 4) is 0 Å². The molecule has 86 valence electrons. The molecule has 17 heavy (non-hydrogen) atoms. The minimum absolute atomic E-state index is 0.138. The summed E-state index contributed by atoms with van der Waals surface area (Å²) in [5, 5.41) is 5.06. The van der Waals surface area contributed by atoms with Gasteiger partial charge in [-0.3, -0.25) is 4.79 Å². The lowest BCUT2D eigenvalue weighted by atomic mass is 10.1. The fourth-order valence-corrected chi connectivity index (χ4v) is 1.79. The summed E-state index contributed by atoms with van der Waals surface area (Å²) in [6.07, 6.45) is 0. The Kier molecular flexibility index (Phi) is 2.96. The van der Waals surface area contributed by atoms with Crippen LogP contribution in [0.3, 0.4) is 0 Å². The Morgan fingerprint density at radius 3 is 2.65 bits per heavy atom. The minimum atomic E-state index is -0.138. The fraction of sp³-hybridized carbons (Fsp3) is 0.133. The molecule has 0 saturated carbocycles. The molecule has 0 aliphatic carbocycles. The van der Waals surface area contributed by atoms with E-state index in [2.05, 4.69) is 18.0 Å². The van der Waals surface area contributed by atoms with Gasteiger partial charge in [-0.05, 0) is 30.9 Å². The molecule has 2 heteroatoms. The average Bonchev–Trinajstić information content (AvgIpc) is 2.28. The number of nitrogens with one attached hydrogen (secondary N) is 1. The van der Waals surface area contributed by atoms with Gasteiger partial charge in [0, 0.05) is 16.6 Å². The molecule has 0 fully saturated rings. The van der Waals surface area contributed by atoms with Gasteiger partial charge >= 0.3 is 0 Å². The zero-order valence-electron chi connectivity index (χ0n) is 10.1. The number of fused-ring (bicyclic) bond motifs is 1. The molecular formula is C15H15NO. The Labute approximate surface area is 101 Å². The van der Waals surface area contributed by atoms with Crippen LogP contribution in [0.1, 0.15) is 12.5 Å². The third kappa shape index (κ3) is 2.36. The molecule has 0 aliphatic heterocycles. The van der Waals surface area contributed by atoms with Gasteiger partial charge in [0.1, 0.15) is 0 Å². The Hall–Kier alpha value is -2.09. The van der Waals surface area contributed by atoms with Crippen molar-refractivity contribution in [3.63, 3.8) is 0 Å². The van der Waals surface area contributed by atoms with Crippen molar-refractivity contribution >= 4 is 22.4 Å². The van der Waals surface area contributed by atoms with Crippen LogP contribution in [0.15, 0.2) is 48.6 Å². The maximum absolute atomic E-state index is 11.7. The molecule has 0 aromatic heterocycles.